The van der Waals surface area contributed by atoms with E-state index in [0.29, 0.717) is 42.5 Å². The number of benzene rings is 2. The highest BCUT2D eigenvalue weighted by atomic mass is 16.5. The second-order valence-electron chi connectivity index (χ2n) is 6.43. The second-order valence-corrected chi connectivity index (χ2v) is 6.43. The third-order valence-corrected chi connectivity index (χ3v) is 4.62. The zero-order valence-electron chi connectivity index (χ0n) is 14.6. The molecule has 0 saturated heterocycles. The maximum Gasteiger partial charge on any atom is 0.255 e. The van der Waals surface area contributed by atoms with E-state index in [2.05, 4.69) is 5.32 Å². The summed E-state index contributed by atoms with van der Waals surface area (Å²) in [5.41, 5.74) is 3.22. The van der Waals surface area contributed by atoms with Crippen LogP contribution >= 0.6 is 0 Å². The Morgan fingerprint density at radius 3 is 2.65 bits per heavy atom. The van der Waals surface area contributed by atoms with E-state index in [1.807, 2.05) is 18.2 Å². The molecule has 2 amide bonds. The number of amides is 2. The van der Waals surface area contributed by atoms with E-state index in [4.69, 9.17) is 9.47 Å². The minimum atomic E-state index is -0.206. The molecule has 4 rings (SSSR count). The molecule has 0 unspecified atom stereocenters. The van der Waals surface area contributed by atoms with Crippen molar-refractivity contribution in [2.75, 3.05) is 30.0 Å². The van der Waals surface area contributed by atoms with Crippen LogP contribution in [0.25, 0.3) is 0 Å². The number of hydrogen-bond donors (Lipinski definition) is 1. The Kier molecular flexibility index (Phi) is 4.24. The van der Waals surface area contributed by atoms with E-state index in [0.717, 1.165) is 24.1 Å². The van der Waals surface area contributed by atoms with Crippen LogP contribution in [0.1, 0.15) is 29.3 Å². The van der Waals surface area contributed by atoms with Crippen molar-refractivity contribution in [1.29, 1.82) is 0 Å². The molecule has 0 saturated carbocycles. The largest absolute Gasteiger partial charge is 0.490 e. The van der Waals surface area contributed by atoms with Crippen molar-refractivity contribution >= 4 is 23.2 Å². The molecule has 6 nitrogen and oxygen atoms in total. The van der Waals surface area contributed by atoms with Crippen LogP contribution < -0.4 is 19.7 Å². The Bertz CT molecular complexity index is 878. The summed E-state index contributed by atoms with van der Waals surface area (Å²) in [5.74, 6) is 1.09. The van der Waals surface area contributed by atoms with Gasteiger partial charge < -0.3 is 19.7 Å². The van der Waals surface area contributed by atoms with E-state index >= 15 is 0 Å². The lowest BCUT2D eigenvalue weighted by Crippen LogP contribution is -2.25. The van der Waals surface area contributed by atoms with E-state index < -0.39 is 0 Å². The highest BCUT2D eigenvalue weighted by molar-refractivity contribution is 6.05. The predicted molar refractivity (Wildman–Crippen MR) is 98.2 cm³/mol. The van der Waals surface area contributed by atoms with Gasteiger partial charge in [0.2, 0.25) is 5.91 Å². The van der Waals surface area contributed by atoms with Gasteiger partial charge in [-0.1, -0.05) is 0 Å². The first kappa shape index (κ1) is 16.4. The number of ether oxygens (including phenoxy) is 2. The average molecular weight is 352 g/mol. The lowest BCUT2D eigenvalue weighted by Gasteiger charge is -2.15. The average Bonchev–Trinajstić information content (AvgIpc) is 2.91. The topological polar surface area (TPSA) is 67.9 Å². The van der Waals surface area contributed by atoms with Gasteiger partial charge in [0.15, 0.2) is 11.5 Å². The first-order chi connectivity index (χ1) is 12.6. The highest BCUT2D eigenvalue weighted by Crippen LogP contribution is 2.32. The van der Waals surface area contributed by atoms with Crippen molar-refractivity contribution in [3.05, 3.63) is 47.5 Å². The van der Waals surface area contributed by atoms with E-state index in [1.165, 1.54) is 0 Å². The summed E-state index contributed by atoms with van der Waals surface area (Å²) < 4.78 is 11.2. The molecular weight excluding hydrogens is 332 g/mol. The van der Waals surface area contributed by atoms with Crippen LogP contribution in [-0.2, 0) is 11.2 Å². The summed E-state index contributed by atoms with van der Waals surface area (Å²) in [5, 5.41) is 2.92. The lowest BCUT2D eigenvalue weighted by molar-refractivity contribution is -0.116. The van der Waals surface area contributed by atoms with E-state index in [-0.39, 0.29) is 11.8 Å². The lowest BCUT2D eigenvalue weighted by atomic mass is 10.1. The minimum Gasteiger partial charge on any atom is -0.490 e. The van der Waals surface area contributed by atoms with Gasteiger partial charge in [-0.3, -0.25) is 9.59 Å². The fraction of sp³-hybridized carbons (Fsp3) is 0.300. The van der Waals surface area contributed by atoms with Crippen LogP contribution in [0.4, 0.5) is 11.4 Å². The molecule has 0 aromatic heterocycles. The Morgan fingerprint density at radius 2 is 1.85 bits per heavy atom. The summed E-state index contributed by atoms with van der Waals surface area (Å²) in [6.07, 6.45) is 1.62. The van der Waals surface area contributed by atoms with Gasteiger partial charge in [0, 0.05) is 36.8 Å². The van der Waals surface area contributed by atoms with Crippen LogP contribution in [-0.4, -0.2) is 31.6 Å². The molecule has 0 aliphatic carbocycles. The molecule has 26 heavy (non-hydrogen) atoms. The zero-order valence-corrected chi connectivity index (χ0v) is 14.6. The molecule has 0 fully saturated rings. The zero-order chi connectivity index (χ0) is 18.1. The molecule has 2 aliphatic heterocycles. The van der Waals surface area contributed by atoms with Crippen LogP contribution in [0.5, 0.6) is 11.5 Å². The molecule has 134 valence electrons. The molecule has 2 heterocycles. The predicted octanol–water partition coefficient (Wildman–Crippen LogP) is 3.01. The Balaban J connectivity index is 1.52. The SMILES string of the molecule is CC(=O)N1CCc2cc(NC(=O)c3ccc4c(c3)OCCCO4)ccc21. The molecule has 0 atom stereocenters. The van der Waals surface area contributed by atoms with Crippen molar-refractivity contribution in [1.82, 2.24) is 0 Å². The van der Waals surface area contributed by atoms with E-state index in [1.54, 1.807) is 30.0 Å². The normalized spacial score (nSPS) is 15.2. The van der Waals surface area contributed by atoms with Gasteiger partial charge >= 0.3 is 0 Å². The molecule has 2 aliphatic rings. The molecule has 1 N–H and O–H groups in total. The van der Waals surface area contributed by atoms with Gasteiger partial charge in [0.1, 0.15) is 0 Å². The number of nitrogens with one attached hydrogen (secondary N) is 1. The van der Waals surface area contributed by atoms with Crippen LogP contribution in [0.2, 0.25) is 0 Å². The van der Waals surface area contributed by atoms with E-state index in [9.17, 15) is 9.59 Å². The Morgan fingerprint density at radius 1 is 1.04 bits per heavy atom. The van der Waals surface area contributed by atoms with Crippen molar-refractivity contribution < 1.29 is 19.1 Å². The summed E-state index contributed by atoms with van der Waals surface area (Å²) in [7, 11) is 0. The van der Waals surface area contributed by atoms with Gasteiger partial charge in [-0.15, -0.1) is 0 Å². The van der Waals surface area contributed by atoms with Crippen molar-refractivity contribution in [3.8, 4) is 11.5 Å². The molecule has 0 bridgehead atoms. The third-order valence-electron chi connectivity index (χ3n) is 4.62. The van der Waals surface area contributed by atoms with Gasteiger partial charge in [-0.2, -0.15) is 0 Å². The number of rotatable bonds is 2. The standard InChI is InChI=1S/C20H20N2O4/c1-13(23)22-8-7-14-11-16(4-5-17(14)22)21-20(24)15-3-6-18-19(12-15)26-10-2-9-25-18/h3-6,11-12H,2,7-10H2,1H3,(H,21,24). The van der Waals surface area contributed by atoms with Gasteiger partial charge in [-0.25, -0.2) is 0 Å². The number of carbonyl (C=O) groups is 2. The monoisotopic (exact) mass is 352 g/mol. The number of nitrogens with zero attached hydrogens (tertiary/aromatic N) is 1. The Labute approximate surface area is 151 Å². The summed E-state index contributed by atoms with van der Waals surface area (Å²) in [6, 6.07) is 10.8. The fourth-order valence-corrected chi connectivity index (χ4v) is 3.31. The third kappa shape index (κ3) is 3.10. The minimum absolute atomic E-state index is 0.0349. The molecular formula is C20H20N2O4. The maximum absolute atomic E-state index is 12.6. The van der Waals surface area contributed by atoms with Crippen LogP contribution in [0.15, 0.2) is 36.4 Å². The second kappa shape index (κ2) is 6.71. The summed E-state index contributed by atoms with van der Waals surface area (Å²) in [6.45, 7) is 3.44. The smallest absolute Gasteiger partial charge is 0.255 e. The molecule has 6 heteroatoms. The van der Waals surface area contributed by atoms with Crippen molar-refractivity contribution in [2.24, 2.45) is 0 Å². The van der Waals surface area contributed by atoms with Gasteiger partial charge in [0.25, 0.3) is 5.91 Å². The first-order valence-electron chi connectivity index (χ1n) is 8.74. The molecule has 2 aromatic carbocycles. The van der Waals surface area contributed by atoms with Crippen molar-refractivity contribution in [2.45, 2.75) is 19.8 Å². The first-order valence-corrected chi connectivity index (χ1v) is 8.74. The van der Waals surface area contributed by atoms with Gasteiger partial charge in [-0.05, 0) is 48.4 Å². The van der Waals surface area contributed by atoms with Crippen LogP contribution in [0.3, 0.4) is 0 Å². The number of carbonyl (C=O) groups excluding carboxylic acids is 2. The maximum atomic E-state index is 12.6. The molecule has 0 spiro atoms. The van der Waals surface area contributed by atoms with Crippen molar-refractivity contribution in [3.63, 3.8) is 0 Å². The molecule has 0 radical (unpaired) electrons. The summed E-state index contributed by atoms with van der Waals surface area (Å²) in [4.78, 5) is 26.0. The number of fused-ring (bicyclic) bond motifs is 2. The fourth-order valence-electron chi connectivity index (χ4n) is 3.31. The molecule has 2 aromatic rings. The Hall–Kier alpha value is -3.02. The highest BCUT2D eigenvalue weighted by Gasteiger charge is 2.22. The quantitative estimate of drug-likeness (QED) is 0.902. The summed E-state index contributed by atoms with van der Waals surface area (Å²) >= 11 is 0. The van der Waals surface area contributed by atoms with Crippen LogP contribution in [0, 0.1) is 0 Å². The number of anilines is 2. The van der Waals surface area contributed by atoms with Gasteiger partial charge in [0.05, 0.1) is 13.2 Å². The number of hydrogen-bond acceptors (Lipinski definition) is 4.